The zero-order chi connectivity index (χ0) is 25.0. The molecule has 0 radical (unpaired) electrons. The van der Waals surface area contributed by atoms with Gasteiger partial charge in [0, 0.05) is 37.3 Å². The highest BCUT2D eigenvalue weighted by Crippen LogP contribution is 2.34. The number of sulfonamides is 2. The Hall–Kier alpha value is -1.83. The lowest BCUT2D eigenvalue weighted by molar-refractivity contribution is 0.272. The van der Waals surface area contributed by atoms with Crippen molar-refractivity contribution < 1.29 is 21.2 Å². The Morgan fingerprint density at radius 3 is 2.29 bits per heavy atom. The molecule has 1 saturated carbocycles. The SMILES string of the molecule is O=S(=O)(c1cc(-c2ncc(-c3ccc(Br)c(F)c3)[nH]2)ccc1Cl)N1CCN(S(=O)(=O)C2CC2)CC1. The molecule has 1 saturated heterocycles. The minimum absolute atomic E-state index is 0.0505. The third-order valence-corrected chi connectivity index (χ3v) is 11.6. The van der Waals surface area contributed by atoms with E-state index in [1.165, 1.54) is 26.8 Å². The maximum atomic E-state index is 13.9. The fourth-order valence-corrected chi connectivity index (χ4v) is 8.00. The Kier molecular flexibility index (Phi) is 6.56. The molecule has 35 heavy (non-hydrogen) atoms. The lowest BCUT2D eigenvalue weighted by atomic mass is 10.2. The Bertz CT molecular complexity index is 1500. The van der Waals surface area contributed by atoms with Gasteiger partial charge in [-0.2, -0.15) is 8.61 Å². The summed E-state index contributed by atoms with van der Waals surface area (Å²) in [6, 6.07) is 9.25. The van der Waals surface area contributed by atoms with Gasteiger partial charge in [0.1, 0.15) is 16.5 Å². The van der Waals surface area contributed by atoms with Gasteiger partial charge in [-0.1, -0.05) is 17.7 Å². The van der Waals surface area contributed by atoms with Crippen molar-refractivity contribution in [2.24, 2.45) is 0 Å². The molecule has 1 aromatic heterocycles. The number of piperazine rings is 1. The number of benzene rings is 2. The van der Waals surface area contributed by atoms with E-state index in [0.717, 1.165) is 0 Å². The Balaban J connectivity index is 1.38. The molecule has 0 unspecified atom stereocenters. The molecule has 13 heteroatoms. The molecule has 8 nitrogen and oxygen atoms in total. The average molecular weight is 604 g/mol. The van der Waals surface area contributed by atoms with Crippen LogP contribution in [0.4, 0.5) is 4.39 Å². The van der Waals surface area contributed by atoms with Crippen LogP contribution in [0.1, 0.15) is 12.8 Å². The summed E-state index contributed by atoms with van der Waals surface area (Å²) in [6.45, 7) is 0.324. The van der Waals surface area contributed by atoms with Crippen LogP contribution in [0.2, 0.25) is 5.02 Å². The molecule has 2 aromatic carbocycles. The Morgan fingerprint density at radius 2 is 1.63 bits per heavy atom. The molecule has 0 atom stereocenters. The van der Waals surface area contributed by atoms with Crippen molar-refractivity contribution in [3.8, 4) is 22.6 Å². The van der Waals surface area contributed by atoms with Crippen LogP contribution in [0.5, 0.6) is 0 Å². The van der Waals surface area contributed by atoms with Gasteiger partial charge in [-0.05, 0) is 59.1 Å². The molecule has 186 valence electrons. The third kappa shape index (κ3) is 4.79. The molecular weight excluding hydrogens is 583 g/mol. The Morgan fingerprint density at radius 1 is 0.971 bits per heavy atom. The van der Waals surface area contributed by atoms with Gasteiger partial charge >= 0.3 is 0 Å². The molecule has 1 aliphatic carbocycles. The van der Waals surface area contributed by atoms with Crippen molar-refractivity contribution in [2.45, 2.75) is 23.0 Å². The summed E-state index contributed by atoms with van der Waals surface area (Å²) in [4.78, 5) is 7.34. The predicted octanol–water partition coefficient (Wildman–Crippen LogP) is 4.10. The molecule has 2 heterocycles. The van der Waals surface area contributed by atoms with Crippen molar-refractivity contribution in [1.82, 2.24) is 18.6 Å². The van der Waals surface area contributed by atoms with E-state index in [1.807, 2.05) is 0 Å². The summed E-state index contributed by atoms with van der Waals surface area (Å²) < 4.78 is 68.6. The molecule has 1 N–H and O–H groups in total. The molecule has 2 aliphatic rings. The standard InChI is InChI=1S/C22H21BrClFN4O4S2/c23-17-5-1-14(11-19(17)25)20-13-26-22(27-20)15-2-6-18(24)21(12-15)35(32,33)29-9-7-28(8-10-29)34(30,31)16-3-4-16/h1-2,5-6,11-13,16H,3-4,7-10H2,(H,26,27). The van der Waals surface area contributed by atoms with Crippen LogP contribution in [-0.2, 0) is 20.0 Å². The van der Waals surface area contributed by atoms with Crippen LogP contribution >= 0.6 is 27.5 Å². The normalized spacial score (nSPS) is 18.1. The highest BCUT2D eigenvalue weighted by molar-refractivity contribution is 9.10. The highest BCUT2D eigenvalue weighted by atomic mass is 79.9. The number of rotatable bonds is 6. The highest BCUT2D eigenvalue weighted by Gasteiger charge is 2.42. The van der Waals surface area contributed by atoms with E-state index < -0.39 is 25.9 Å². The first-order valence-corrected chi connectivity index (χ1v) is 15.0. The minimum atomic E-state index is -3.97. The smallest absolute Gasteiger partial charge is 0.244 e. The van der Waals surface area contributed by atoms with Crippen LogP contribution < -0.4 is 0 Å². The molecule has 5 rings (SSSR count). The van der Waals surface area contributed by atoms with Crippen LogP contribution in [0.3, 0.4) is 0 Å². The van der Waals surface area contributed by atoms with Crippen LogP contribution in [0.25, 0.3) is 22.6 Å². The number of nitrogens with one attached hydrogen (secondary N) is 1. The van der Waals surface area contributed by atoms with Gasteiger partial charge in [0.15, 0.2) is 0 Å². The number of hydrogen-bond donors (Lipinski definition) is 1. The second-order valence-electron chi connectivity index (χ2n) is 8.47. The molecule has 0 spiro atoms. The fraction of sp³-hybridized carbons (Fsp3) is 0.318. The Labute approximate surface area is 216 Å². The summed E-state index contributed by atoms with van der Waals surface area (Å²) in [5, 5.41) is -0.271. The maximum Gasteiger partial charge on any atom is 0.244 e. The van der Waals surface area contributed by atoms with Crippen molar-refractivity contribution in [3.63, 3.8) is 0 Å². The number of aromatic nitrogens is 2. The molecular formula is C22H21BrClFN4O4S2. The summed E-state index contributed by atoms with van der Waals surface area (Å²) in [5.41, 5.74) is 1.65. The van der Waals surface area contributed by atoms with Crippen molar-refractivity contribution >= 4 is 47.6 Å². The quantitative estimate of drug-likeness (QED) is 0.457. The number of hydrogen-bond acceptors (Lipinski definition) is 5. The first-order chi connectivity index (χ1) is 16.6. The summed E-state index contributed by atoms with van der Waals surface area (Å²) in [7, 11) is -7.32. The van der Waals surface area contributed by atoms with Gasteiger partial charge < -0.3 is 4.98 Å². The number of imidazole rings is 1. The van der Waals surface area contributed by atoms with Crippen LogP contribution in [0, 0.1) is 5.82 Å². The molecule has 0 bridgehead atoms. The van der Waals surface area contributed by atoms with Crippen molar-refractivity contribution in [2.75, 3.05) is 26.2 Å². The van der Waals surface area contributed by atoms with Crippen molar-refractivity contribution in [1.29, 1.82) is 0 Å². The first-order valence-electron chi connectivity index (χ1n) is 10.9. The number of H-pyrrole nitrogens is 1. The predicted molar refractivity (Wildman–Crippen MR) is 134 cm³/mol. The number of nitrogens with zero attached hydrogens (tertiary/aromatic N) is 3. The number of halogens is 3. The van der Waals surface area contributed by atoms with E-state index in [0.29, 0.717) is 40.0 Å². The number of aromatic amines is 1. The van der Waals surface area contributed by atoms with E-state index in [9.17, 15) is 21.2 Å². The summed E-state index contributed by atoms with van der Waals surface area (Å²) >= 11 is 9.41. The monoisotopic (exact) mass is 602 g/mol. The first kappa shape index (κ1) is 24.8. The molecule has 2 fully saturated rings. The zero-order valence-electron chi connectivity index (χ0n) is 18.3. The van der Waals surface area contributed by atoms with Gasteiger partial charge in [0.25, 0.3) is 0 Å². The summed E-state index contributed by atoms with van der Waals surface area (Å²) in [6.07, 6.45) is 2.86. The second kappa shape index (κ2) is 9.24. The topological polar surface area (TPSA) is 103 Å². The van der Waals surface area contributed by atoms with E-state index in [-0.39, 0.29) is 41.3 Å². The summed E-state index contributed by atoms with van der Waals surface area (Å²) in [5.74, 6) is -0.0136. The van der Waals surface area contributed by atoms with Gasteiger partial charge in [-0.25, -0.2) is 26.2 Å². The van der Waals surface area contributed by atoms with Crippen LogP contribution in [0.15, 0.2) is 52.0 Å². The fourth-order valence-electron chi connectivity index (χ4n) is 4.01. The van der Waals surface area contributed by atoms with Gasteiger partial charge in [0.05, 0.1) is 26.6 Å². The van der Waals surface area contributed by atoms with Crippen LogP contribution in [-0.4, -0.2) is 66.8 Å². The van der Waals surface area contributed by atoms with Gasteiger partial charge in [-0.3, -0.25) is 0 Å². The van der Waals surface area contributed by atoms with Gasteiger partial charge in [-0.15, -0.1) is 0 Å². The molecule has 1 aliphatic heterocycles. The average Bonchev–Trinajstić information content (AvgIpc) is 3.59. The van der Waals surface area contributed by atoms with E-state index in [2.05, 4.69) is 25.9 Å². The third-order valence-electron chi connectivity index (χ3n) is 6.13. The van der Waals surface area contributed by atoms with Gasteiger partial charge in [0.2, 0.25) is 20.0 Å². The van der Waals surface area contributed by atoms with E-state index in [4.69, 9.17) is 11.6 Å². The van der Waals surface area contributed by atoms with E-state index in [1.54, 1.807) is 24.4 Å². The largest absolute Gasteiger partial charge is 0.338 e. The molecule has 0 amide bonds. The van der Waals surface area contributed by atoms with Crippen molar-refractivity contribution in [3.05, 3.63) is 57.9 Å². The zero-order valence-corrected chi connectivity index (χ0v) is 22.3. The second-order valence-corrected chi connectivity index (χ2v) is 13.8. The maximum absolute atomic E-state index is 13.9. The lowest BCUT2D eigenvalue weighted by Gasteiger charge is -2.33. The van der Waals surface area contributed by atoms with E-state index >= 15 is 0 Å². The minimum Gasteiger partial charge on any atom is -0.338 e. The molecule has 3 aromatic rings. The lowest BCUT2D eigenvalue weighted by Crippen LogP contribution is -2.51.